The smallest absolute Gasteiger partial charge is 0.444 e. The van der Waals surface area contributed by atoms with Gasteiger partial charge >= 0.3 is 18.4 Å². The van der Waals surface area contributed by atoms with Crippen molar-refractivity contribution in [2.45, 2.75) is 38.7 Å². The number of Topliss-reactive ketones (excluding diaryl/α,β-unsaturated/α-hetero) is 1. The highest BCUT2D eigenvalue weighted by atomic mass is 32.2. The molecule has 34 heavy (non-hydrogen) atoms. The van der Waals surface area contributed by atoms with Crippen LogP contribution in [-0.4, -0.2) is 61.2 Å². The molecule has 2 heterocycles. The maximum absolute atomic E-state index is 14.8. The highest BCUT2D eigenvalue weighted by Crippen LogP contribution is 2.34. The predicted octanol–water partition coefficient (Wildman–Crippen LogP) is 4.20. The minimum atomic E-state index is -5.02. The second kappa shape index (κ2) is 9.72. The highest BCUT2D eigenvalue weighted by molar-refractivity contribution is 8.04. The number of alkyl carbamates (subject to hydrolysis) is 1. The SMILES string of the molecule is CC(C)(C)OC(=O)NCC1CN(c2ccc(N3C=C(C(=O)C(F)(F)F)SCC3)c(F)c2)C(=O)O1. The van der Waals surface area contributed by atoms with Crippen molar-refractivity contribution < 1.29 is 41.4 Å². The zero-order chi connectivity index (χ0) is 25.3. The number of carbonyl (C=O) groups is 3. The monoisotopic (exact) mass is 505 g/mol. The standard InChI is InChI=1S/C21H23F4N3O5S/c1-20(2,3)33-18(30)26-9-13-10-28(19(31)32-13)12-4-5-15(14(22)8-12)27-6-7-34-16(11-27)17(29)21(23,24)25/h4-5,8,11,13H,6-7,9-10H2,1-3H3,(H,26,30). The molecule has 1 aromatic rings. The Morgan fingerprint density at radius 1 is 1.26 bits per heavy atom. The summed E-state index contributed by atoms with van der Waals surface area (Å²) in [7, 11) is 0. The average Bonchev–Trinajstić information content (AvgIpc) is 3.10. The fourth-order valence-corrected chi connectivity index (χ4v) is 4.15. The van der Waals surface area contributed by atoms with E-state index in [0.717, 1.165) is 24.0 Å². The third-order valence-electron chi connectivity index (χ3n) is 4.64. The van der Waals surface area contributed by atoms with Crippen LogP contribution < -0.4 is 15.1 Å². The summed E-state index contributed by atoms with van der Waals surface area (Å²) in [6.45, 7) is 5.34. The van der Waals surface area contributed by atoms with Crippen LogP contribution in [-0.2, 0) is 14.3 Å². The summed E-state index contributed by atoms with van der Waals surface area (Å²) in [5.74, 6) is -2.60. The van der Waals surface area contributed by atoms with Gasteiger partial charge in [0, 0.05) is 18.5 Å². The van der Waals surface area contributed by atoms with Gasteiger partial charge in [0.15, 0.2) is 0 Å². The molecular formula is C21H23F4N3O5S. The molecule has 0 radical (unpaired) electrons. The van der Waals surface area contributed by atoms with Crippen molar-refractivity contribution in [1.82, 2.24) is 5.32 Å². The number of hydrogen-bond acceptors (Lipinski definition) is 7. The topological polar surface area (TPSA) is 88.2 Å². The van der Waals surface area contributed by atoms with Crippen molar-refractivity contribution >= 4 is 41.1 Å². The fourth-order valence-electron chi connectivity index (χ4n) is 3.20. The molecule has 2 amide bonds. The molecule has 1 aromatic carbocycles. The maximum atomic E-state index is 14.8. The molecule has 1 unspecified atom stereocenters. The number of benzene rings is 1. The van der Waals surface area contributed by atoms with Gasteiger partial charge in [-0.2, -0.15) is 13.2 Å². The molecule has 0 bridgehead atoms. The first-order valence-electron chi connectivity index (χ1n) is 10.2. The Morgan fingerprint density at radius 2 is 1.97 bits per heavy atom. The lowest BCUT2D eigenvalue weighted by molar-refractivity contribution is -0.165. The number of thioether (sulfide) groups is 1. The van der Waals surface area contributed by atoms with Crippen molar-refractivity contribution in [1.29, 1.82) is 0 Å². The second-order valence-corrected chi connectivity index (χ2v) is 9.63. The van der Waals surface area contributed by atoms with E-state index >= 15 is 0 Å². The van der Waals surface area contributed by atoms with Crippen molar-refractivity contribution in [3.63, 3.8) is 0 Å². The molecule has 2 aliphatic heterocycles. The number of carbonyl (C=O) groups excluding carboxylic acids is 3. The van der Waals surface area contributed by atoms with Crippen molar-refractivity contribution in [3.8, 4) is 0 Å². The number of ether oxygens (including phenoxy) is 2. The molecule has 0 saturated carbocycles. The normalized spacial score (nSPS) is 19.0. The summed E-state index contributed by atoms with van der Waals surface area (Å²) in [5, 5.41) is 2.50. The molecule has 1 saturated heterocycles. The third-order valence-corrected chi connectivity index (χ3v) is 5.63. The highest BCUT2D eigenvalue weighted by Gasteiger charge is 2.42. The molecule has 1 N–H and O–H groups in total. The fraction of sp³-hybridized carbons (Fsp3) is 0.476. The van der Waals surface area contributed by atoms with E-state index < -0.39 is 46.6 Å². The summed E-state index contributed by atoms with van der Waals surface area (Å²) in [4.78, 5) is 37.4. The Labute approximate surface area is 197 Å². The van der Waals surface area contributed by atoms with E-state index in [-0.39, 0.29) is 36.8 Å². The van der Waals surface area contributed by atoms with Crippen LogP contribution in [0, 0.1) is 5.82 Å². The second-order valence-electron chi connectivity index (χ2n) is 8.50. The van der Waals surface area contributed by atoms with E-state index in [1.807, 2.05) is 0 Å². The summed E-state index contributed by atoms with van der Waals surface area (Å²) in [5.41, 5.74) is -0.551. The summed E-state index contributed by atoms with van der Waals surface area (Å²) < 4.78 is 63.4. The first-order valence-corrected chi connectivity index (χ1v) is 11.2. The van der Waals surface area contributed by atoms with Gasteiger partial charge in [0.05, 0.1) is 29.4 Å². The molecule has 13 heteroatoms. The van der Waals surface area contributed by atoms with E-state index in [1.54, 1.807) is 20.8 Å². The first-order chi connectivity index (χ1) is 15.7. The van der Waals surface area contributed by atoms with E-state index in [2.05, 4.69) is 5.32 Å². The number of amides is 2. The maximum Gasteiger partial charge on any atom is 0.455 e. The average molecular weight is 505 g/mol. The Balaban J connectivity index is 1.67. The Morgan fingerprint density at radius 3 is 2.59 bits per heavy atom. The minimum Gasteiger partial charge on any atom is -0.444 e. The zero-order valence-electron chi connectivity index (χ0n) is 18.6. The first kappa shape index (κ1) is 25.7. The number of alkyl halides is 3. The van der Waals surface area contributed by atoms with Gasteiger partial charge in [-0.25, -0.2) is 14.0 Å². The molecule has 8 nitrogen and oxygen atoms in total. The lowest BCUT2D eigenvalue weighted by Crippen LogP contribution is -2.38. The molecule has 0 aliphatic carbocycles. The third kappa shape index (κ3) is 6.33. The molecule has 3 rings (SSSR count). The predicted molar refractivity (Wildman–Crippen MR) is 117 cm³/mol. The van der Waals surface area contributed by atoms with Crippen LogP contribution in [0.25, 0.3) is 0 Å². The van der Waals surface area contributed by atoms with Crippen LogP contribution in [0.1, 0.15) is 20.8 Å². The summed E-state index contributed by atoms with van der Waals surface area (Å²) in [6, 6.07) is 3.79. The number of nitrogens with one attached hydrogen (secondary N) is 1. The number of halogens is 4. The Kier molecular flexibility index (Phi) is 7.34. The van der Waals surface area contributed by atoms with Gasteiger partial charge in [-0.3, -0.25) is 9.69 Å². The number of nitrogens with zero attached hydrogens (tertiary/aromatic N) is 2. The number of anilines is 2. The summed E-state index contributed by atoms with van der Waals surface area (Å²) >= 11 is 0.755. The van der Waals surface area contributed by atoms with Crippen molar-refractivity contribution in [2.24, 2.45) is 0 Å². The zero-order valence-corrected chi connectivity index (χ0v) is 19.4. The number of ketones is 1. The van der Waals surface area contributed by atoms with Gasteiger partial charge in [-0.15, -0.1) is 11.8 Å². The van der Waals surface area contributed by atoms with Gasteiger partial charge in [0.2, 0.25) is 0 Å². The molecule has 186 valence electrons. The largest absolute Gasteiger partial charge is 0.455 e. The van der Waals surface area contributed by atoms with Gasteiger partial charge in [0.1, 0.15) is 17.5 Å². The molecule has 1 fully saturated rings. The van der Waals surface area contributed by atoms with Gasteiger partial charge < -0.3 is 19.7 Å². The lowest BCUT2D eigenvalue weighted by atomic mass is 10.2. The van der Waals surface area contributed by atoms with Crippen LogP contribution in [0.5, 0.6) is 0 Å². The van der Waals surface area contributed by atoms with Crippen LogP contribution in [0.15, 0.2) is 29.3 Å². The summed E-state index contributed by atoms with van der Waals surface area (Å²) in [6.07, 6.45) is -6.15. The number of rotatable bonds is 5. The van der Waals surface area contributed by atoms with Gasteiger partial charge in [-0.1, -0.05) is 0 Å². The quantitative estimate of drug-likeness (QED) is 0.600. The van der Waals surface area contributed by atoms with E-state index in [9.17, 15) is 31.9 Å². The van der Waals surface area contributed by atoms with Crippen LogP contribution in [0.4, 0.5) is 38.5 Å². The van der Waals surface area contributed by atoms with E-state index in [4.69, 9.17) is 9.47 Å². The molecule has 2 aliphatic rings. The molecular weight excluding hydrogens is 482 g/mol. The Bertz CT molecular complexity index is 1010. The van der Waals surface area contributed by atoms with Crippen molar-refractivity contribution in [3.05, 3.63) is 35.1 Å². The van der Waals surface area contributed by atoms with Crippen LogP contribution in [0.2, 0.25) is 0 Å². The lowest BCUT2D eigenvalue weighted by Gasteiger charge is -2.27. The minimum absolute atomic E-state index is 0.00995. The van der Waals surface area contributed by atoms with Crippen molar-refractivity contribution in [2.75, 3.05) is 35.2 Å². The van der Waals surface area contributed by atoms with Crippen LogP contribution >= 0.6 is 11.8 Å². The van der Waals surface area contributed by atoms with Crippen LogP contribution in [0.3, 0.4) is 0 Å². The molecule has 0 spiro atoms. The van der Waals surface area contributed by atoms with Gasteiger partial charge in [-0.05, 0) is 39.0 Å². The number of allylic oxidation sites excluding steroid dienone is 1. The van der Waals surface area contributed by atoms with E-state index in [0.29, 0.717) is 0 Å². The number of cyclic esters (lactones) is 1. The Hall–Kier alpha value is -2.96. The number of hydrogen-bond donors (Lipinski definition) is 1. The van der Waals surface area contributed by atoms with Gasteiger partial charge in [0.25, 0.3) is 5.78 Å². The van der Waals surface area contributed by atoms with E-state index in [1.165, 1.54) is 21.9 Å². The molecule has 0 aromatic heterocycles. The molecule has 1 atom stereocenters.